The van der Waals surface area contributed by atoms with Crippen LogP contribution in [0, 0.1) is 10.8 Å². The van der Waals surface area contributed by atoms with Crippen molar-refractivity contribution in [2.24, 2.45) is 10.8 Å². The van der Waals surface area contributed by atoms with Gasteiger partial charge in [0.05, 0.1) is 17.4 Å². The second-order valence-corrected chi connectivity index (χ2v) is 14.9. The Kier molecular flexibility index (Phi) is 10.6. The second kappa shape index (κ2) is 12.8. The molecule has 0 radical (unpaired) electrons. The Morgan fingerprint density at radius 1 is 0.714 bits per heavy atom. The largest absolute Gasteiger partial charge is 0.493 e. The van der Waals surface area contributed by atoms with Crippen LogP contribution in [-0.4, -0.2) is 24.3 Å². The van der Waals surface area contributed by atoms with E-state index in [-0.39, 0.29) is 23.1 Å². The lowest BCUT2D eigenvalue weighted by molar-refractivity contribution is -0.143. The zero-order valence-electron chi connectivity index (χ0n) is 27.9. The first-order valence-electron chi connectivity index (χ1n) is 14.7. The van der Waals surface area contributed by atoms with E-state index in [4.69, 9.17) is 14.2 Å². The van der Waals surface area contributed by atoms with Crippen LogP contribution in [0.2, 0.25) is 0 Å². The van der Waals surface area contributed by atoms with Crippen molar-refractivity contribution in [1.82, 2.24) is 0 Å². The Morgan fingerprint density at radius 2 is 1.24 bits per heavy atom. The number of hydrogen-bond acceptors (Lipinski definition) is 6. The number of ether oxygens (including phenoxy) is 3. The Balaban J connectivity index is 2.66. The van der Waals surface area contributed by atoms with E-state index in [0.717, 1.165) is 23.1 Å². The Bertz CT molecular complexity index is 1320. The molecular formula is C36H50O6. The van der Waals surface area contributed by atoms with E-state index in [9.17, 15) is 14.4 Å². The van der Waals surface area contributed by atoms with Crippen LogP contribution >= 0.6 is 0 Å². The molecule has 0 aromatic heterocycles. The molecule has 0 heterocycles. The molecule has 2 rings (SSSR count). The molecule has 0 saturated heterocycles. The highest BCUT2D eigenvalue weighted by Crippen LogP contribution is 2.48. The Hall–Kier alpha value is -3.41. The predicted octanol–water partition coefficient (Wildman–Crippen LogP) is 8.87. The maximum atomic E-state index is 13.2. The molecule has 0 aliphatic rings. The van der Waals surface area contributed by atoms with Gasteiger partial charge in [-0.25, -0.2) is 0 Å². The monoisotopic (exact) mass is 578 g/mol. The molecule has 0 N–H and O–H groups in total. The first-order valence-corrected chi connectivity index (χ1v) is 14.7. The van der Waals surface area contributed by atoms with Crippen molar-refractivity contribution in [3.8, 4) is 17.2 Å². The van der Waals surface area contributed by atoms with Gasteiger partial charge in [0, 0.05) is 22.3 Å². The molecule has 0 amide bonds. The zero-order valence-corrected chi connectivity index (χ0v) is 27.9. The summed E-state index contributed by atoms with van der Waals surface area (Å²) < 4.78 is 17.9. The standard InChI is InChI=1S/C36H50O6/c1-14-21-40-29-24(17-20-27(37)23-15-18-25(19-16-23)41-31(38)35(8,9)10)22-26(33(2,3)4)30(28(29)34(5,6)7)42-32(39)36(11,12)13/h15-20,22H,14,21H2,1-13H3/b20-17+. The van der Waals surface area contributed by atoms with Gasteiger partial charge in [-0.2, -0.15) is 0 Å². The number of carbonyl (C=O) groups excluding carboxylic acids is 3. The lowest BCUT2D eigenvalue weighted by Gasteiger charge is -2.33. The molecule has 0 saturated carbocycles. The van der Waals surface area contributed by atoms with E-state index in [0.29, 0.717) is 29.4 Å². The van der Waals surface area contributed by atoms with Crippen molar-refractivity contribution >= 4 is 23.8 Å². The van der Waals surface area contributed by atoms with Crippen LogP contribution in [-0.2, 0) is 20.4 Å². The Labute approximate surface area is 252 Å². The predicted molar refractivity (Wildman–Crippen MR) is 170 cm³/mol. The van der Waals surface area contributed by atoms with Gasteiger partial charge >= 0.3 is 11.9 Å². The quantitative estimate of drug-likeness (QED) is 0.135. The summed E-state index contributed by atoms with van der Waals surface area (Å²) in [5.41, 5.74) is 0.699. The number of esters is 2. The number of hydrogen-bond donors (Lipinski definition) is 0. The average molecular weight is 579 g/mol. The molecule has 0 unspecified atom stereocenters. The van der Waals surface area contributed by atoms with Gasteiger partial charge in [-0.05, 0) is 101 Å². The summed E-state index contributed by atoms with van der Waals surface area (Å²) in [6.07, 6.45) is 4.07. The molecule has 0 fully saturated rings. The van der Waals surface area contributed by atoms with E-state index < -0.39 is 16.2 Å². The molecule has 0 spiro atoms. The highest BCUT2D eigenvalue weighted by atomic mass is 16.5. The number of ketones is 1. The van der Waals surface area contributed by atoms with Crippen LogP contribution < -0.4 is 14.2 Å². The maximum Gasteiger partial charge on any atom is 0.316 e. The summed E-state index contributed by atoms with van der Waals surface area (Å²) in [5, 5.41) is 0. The van der Waals surface area contributed by atoms with Crippen molar-refractivity contribution < 1.29 is 28.6 Å². The molecule has 6 heteroatoms. The summed E-state index contributed by atoms with van der Waals surface area (Å²) in [6, 6.07) is 8.48. The molecular weight excluding hydrogens is 528 g/mol. The normalized spacial score (nSPS) is 12.8. The highest BCUT2D eigenvalue weighted by Gasteiger charge is 2.35. The summed E-state index contributed by atoms with van der Waals surface area (Å²) in [4.78, 5) is 38.6. The molecule has 0 bridgehead atoms. The molecule has 0 aliphatic heterocycles. The van der Waals surface area contributed by atoms with Crippen molar-refractivity contribution in [2.45, 2.75) is 107 Å². The third-order valence-electron chi connectivity index (χ3n) is 6.45. The van der Waals surface area contributed by atoms with Gasteiger partial charge in [-0.3, -0.25) is 14.4 Å². The molecule has 230 valence electrons. The first kappa shape index (κ1) is 34.8. The van der Waals surface area contributed by atoms with Crippen LogP contribution in [0.3, 0.4) is 0 Å². The van der Waals surface area contributed by atoms with Crippen LogP contribution in [0.25, 0.3) is 6.08 Å². The number of allylic oxidation sites excluding steroid dienone is 1. The van der Waals surface area contributed by atoms with Gasteiger partial charge in [0.15, 0.2) is 5.78 Å². The summed E-state index contributed by atoms with van der Waals surface area (Å²) >= 11 is 0. The van der Waals surface area contributed by atoms with Crippen molar-refractivity contribution in [3.05, 3.63) is 58.7 Å². The lowest BCUT2D eigenvalue weighted by Crippen LogP contribution is -2.29. The van der Waals surface area contributed by atoms with Crippen molar-refractivity contribution in [2.75, 3.05) is 6.61 Å². The fourth-order valence-corrected chi connectivity index (χ4v) is 3.95. The minimum absolute atomic E-state index is 0.206. The highest BCUT2D eigenvalue weighted by molar-refractivity contribution is 6.07. The minimum Gasteiger partial charge on any atom is -0.493 e. The van der Waals surface area contributed by atoms with Crippen molar-refractivity contribution in [3.63, 3.8) is 0 Å². The minimum atomic E-state index is -0.694. The van der Waals surface area contributed by atoms with Gasteiger partial charge in [0.25, 0.3) is 0 Å². The summed E-state index contributed by atoms with van der Waals surface area (Å²) in [6.45, 7) is 25.8. The summed E-state index contributed by atoms with van der Waals surface area (Å²) in [5.74, 6) is 0.628. The SMILES string of the molecule is CCCOc1c(/C=C/C(=O)c2ccc(OC(=O)C(C)(C)C)cc2)cc(C(C)(C)C)c(OC(=O)C(C)(C)C)c1C(C)(C)C. The number of carbonyl (C=O) groups is 3. The van der Waals surface area contributed by atoms with Gasteiger partial charge in [0.1, 0.15) is 17.2 Å². The third-order valence-corrected chi connectivity index (χ3v) is 6.45. The second-order valence-electron chi connectivity index (χ2n) is 14.9. The lowest BCUT2D eigenvalue weighted by atomic mass is 9.77. The van der Waals surface area contributed by atoms with E-state index in [2.05, 4.69) is 41.5 Å². The maximum absolute atomic E-state index is 13.2. The molecule has 0 aliphatic carbocycles. The van der Waals surface area contributed by atoms with Gasteiger partial charge < -0.3 is 14.2 Å². The van der Waals surface area contributed by atoms with Crippen LogP contribution in [0.1, 0.15) is 123 Å². The van der Waals surface area contributed by atoms with Gasteiger partial charge in [-0.1, -0.05) is 48.5 Å². The smallest absolute Gasteiger partial charge is 0.316 e. The van der Waals surface area contributed by atoms with Crippen LogP contribution in [0.4, 0.5) is 0 Å². The first-order chi connectivity index (χ1) is 19.1. The van der Waals surface area contributed by atoms with Crippen LogP contribution in [0.15, 0.2) is 36.4 Å². The molecule has 42 heavy (non-hydrogen) atoms. The fraction of sp³-hybridized carbons (Fsp3) is 0.528. The summed E-state index contributed by atoms with van der Waals surface area (Å²) in [7, 11) is 0. The van der Waals surface area contributed by atoms with Crippen molar-refractivity contribution in [1.29, 1.82) is 0 Å². The molecule has 2 aromatic carbocycles. The topological polar surface area (TPSA) is 78.9 Å². The molecule has 2 aromatic rings. The average Bonchev–Trinajstić information content (AvgIpc) is 2.84. The van der Waals surface area contributed by atoms with E-state index >= 15 is 0 Å². The zero-order chi connectivity index (χ0) is 32.3. The third kappa shape index (κ3) is 9.04. The van der Waals surface area contributed by atoms with Gasteiger partial charge in [0.2, 0.25) is 0 Å². The van der Waals surface area contributed by atoms with E-state index in [1.54, 1.807) is 51.1 Å². The van der Waals surface area contributed by atoms with E-state index in [1.165, 1.54) is 6.08 Å². The Morgan fingerprint density at radius 3 is 1.69 bits per heavy atom. The molecule has 0 atom stereocenters. The fourth-order valence-electron chi connectivity index (χ4n) is 3.95. The molecule has 6 nitrogen and oxygen atoms in total. The van der Waals surface area contributed by atoms with Gasteiger partial charge in [-0.15, -0.1) is 0 Å². The number of benzene rings is 2. The van der Waals surface area contributed by atoms with E-state index in [1.807, 2.05) is 33.8 Å². The van der Waals surface area contributed by atoms with Crippen LogP contribution in [0.5, 0.6) is 17.2 Å². The number of rotatable bonds is 8.